The molecule has 0 atom stereocenters. The van der Waals surface area contributed by atoms with Crippen molar-refractivity contribution in [1.82, 2.24) is 19.5 Å². The van der Waals surface area contributed by atoms with E-state index in [1.54, 1.807) is 0 Å². The van der Waals surface area contributed by atoms with Gasteiger partial charge in [-0.3, -0.25) is 4.57 Å². The van der Waals surface area contributed by atoms with E-state index >= 15 is 0 Å². The molecule has 1 aliphatic carbocycles. The molecule has 0 saturated heterocycles. The van der Waals surface area contributed by atoms with Crippen molar-refractivity contribution >= 4 is 33.0 Å². The van der Waals surface area contributed by atoms with Crippen molar-refractivity contribution in [2.75, 3.05) is 0 Å². The summed E-state index contributed by atoms with van der Waals surface area (Å²) in [5.74, 6) is 1.57. The molecular weight excluding hydrogens is 601 g/mol. The molecular formula is C44H30N4O. The summed E-state index contributed by atoms with van der Waals surface area (Å²) in [4.78, 5) is 15.8. The van der Waals surface area contributed by atoms with Gasteiger partial charge < -0.3 is 4.42 Å². The van der Waals surface area contributed by atoms with Crippen LogP contribution in [0.25, 0.3) is 83.9 Å². The molecule has 0 saturated carbocycles. The number of furan rings is 1. The summed E-state index contributed by atoms with van der Waals surface area (Å²) in [6, 6.07) is 50.4. The molecule has 49 heavy (non-hydrogen) atoms. The monoisotopic (exact) mass is 630 g/mol. The summed E-state index contributed by atoms with van der Waals surface area (Å²) >= 11 is 0. The molecule has 5 nitrogen and oxygen atoms in total. The molecule has 0 radical (unpaired) electrons. The van der Waals surface area contributed by atoms with Crippen molar-refractivity contribution < 1.29 is 4.42 Å². The van der Waals surface area contributed by atoms with Crippen LogP contribution in [0, 0.1) is 0 Å². The van der Waals surface area contributed by atoms with Crippen LogP contribution >= 0.6 is 0 Å². The maximum Gasteiger partial charge on any atom is 0.160 e. The maximum atomic E-state index is 6.56. The first-order chi connectivity index (χ1) is 24.1. The second-order valence-electron chi connectivity index (χ2n) is 13.2. The van der Waals surface area contributed by atoms with E-state index in [1.165, 1.54) is 5.56 Å². The Morgan fingerprint density at radius 1 is 0.551 bits per heavy atom. The minimum atomic E-state index is -0.297. The lowest BCUT2D eigenvalue weighted by molar-refractivity contribution is 0.655. The topological polar surface area (TPSA) is 56.7 Å². The van der Waals surface area contributed by atoms with Crippen LogP contribution in [0.3, 0.4) is 0 Å². The lowest BCUT2D eigenvalue weighted by Gasteiger charge is -2.23. The van der Waals surface area contributed by atoms with E-state index in [1.807, 2.05) is 24.3 Å². The Kier molecular flexibility index (Phi) is 5.85. The van der Waals surface area contributed by atoms with Gasteiger partial charge in [0.2, 0.25) is 0 Å². The standard InChI is InChI=1S/C44H30N4O/c1-44(2)34-19-8-6-16-32(34)39-38(44)40(33-18-12-17-31-30-15-7-11-22-37(30)49-41(31)33)47-42(46-39)27-23-25-28(26-24-27)43-45-35-20-9-10-21-36(35)48(43)29-13-4-3-5-14-29/h3-26H,1-2H3. The summed E-state index contributed by atoms with van der Waals surface area (Å²) in [6.07, 6.45) is 0. The zero-order chi connectivity index (χ0) is 32.7. The Balaban J connectivity index is 1.18. The zero-order valence-corrected chi connectivity index (χ0v) is 27.1. The van der Waals surface area contributed by atoms with Gasteiger partial charge in [-0.05, 0) is 42.0 Å². The van der Waals surface area contributed by atoms with Gasteiger partial charge in [0.05, 0.1) is 22.4 Å². The van der Waals surface area contributed by atoms with E-state index in [0.717, 1.165) is 83.7 Å². The van der Waals surface area contributed by atoms with E-state index in [2.05, 4.69) is 140 Å². The summed E-state index contributed by atoms with van der Waals surface area (Å²) in [5, 5.41) is 2.19. The van der Waals surface area contributed by atoms with Crippen molar-refractivity contribution in [3.8, 4) is 51.0 Å². The third kappa shape index (κ3) is 4.09. The Bertz CT molecular complexity index is 2740. The molecule has 10 rings (SSSR count). The second kappa shape index (κ2) is 10.3. The summed E-state index contributed by atoms with van der Waals surface area (Å²) in [6.45, 7) is 4.55. The van der Waals surface area contributed by atoms with Crippen molar-refractivity contribution in [3.05, 3.63) is 157 Å². The second-order valence-corrected chi connectivity index (χ2v) is 13.2. The first-order valence-corrected chi connectivity index (χ1v) is 16.6. The van der Waals surface area contributed by atoms with Crippen molar-refractivity contribution in [3.63, 3.8) is 0 Å². The zero-order valence-electron chi connectivity index (χ0n) is 27.1. The summed E-state index contributed by atoms with van der Waals surface area (Å²) < 4.78 is 8.78. The van der Waals surface area contributed by atoms with Crippen LogP contribution in [0.1, 0.15) is 25.0 Å². The molecule has 0 N–H and O–H groups in total. The minimum Gasteiger partial charge on any atom is -0.455 e. The summed E-state index contributed by atoms with van der Waals surface area (Å²) in [7, 11) is 0. The normalized spacial score (nSPS) is 13.3. The molecule has 1 aliphatic rings. The van der Waals surface area contributed by atoms with Gasteiger partial charge in [0.15, 0.2) is 5.82 Å². The molecule has 9 aromatic rings. The number of aromatic nitrogens is 4. The number of imidazole rings is 1. The number of nitrogens with zero attached hydrogens (tertiary/aromatic N) is 4. The predicted molar refractivity (Wildman–Crippen MR) is 198 cm³/mol. The molecule has 3 heterocycles. The average molecular weight is 631 g/mol. The number of para-hydroxylation sites is 5. The van der Waals surface area contributed by atoms with E-state index in [0.29, 0.717) is 5.82 Å². The Morgan fingerprint density at radius 3 is 2.06 bits per heavy atom. The van der Waals surface area contributed by atoms with Gasteiger partial charge in [0.25, 0.3) is 0 Å². The van der Waals surface area contributed by atoms with Crippen molar-refractivity contribution in [2.24, 2.45) is 0 Å². The largest absolute Gasteiger partial charge is 0.455 e. The first kappa shape index (κ1) is 27.8. The van der Waals surface area contributed by atoms with Crippen molar-refractivity contribution in [2.45, 2.75) is 19.3 Å². The van der Waals surface area contributed by atoms with Crippen LogP contribution in [0.2, 0.25) is 0 Å². The predicted octanol–water partition coefficient (Wildman–Crippen LogP) is 11.0. The van der Waals surface area contributed by atoms with Crippen molar-refractivity contribution in [1.29, 1.82) is 0 Å². The van der Waals surface area contributed by atoms with Gasteiger partial charge in [0, 0.05) is 49.7 Å². The highest BCUT2D eigenvalue weighted by atomic mass is 16.3. The van der Waals surface area contributed by atoms with Crippen LogP contribution in [-0.2, 0) is 5.41 Å². The number of hydrogen-bond donors (Lipinski definition) is 0. The lowest BCUT2D eigenvalue weighted by atomic mass is 9.80. The SMILES string of the molecule is CC1(C)c2ccccc2-c2nc(-c3ccc(-c4nc5ccccc5n4-c4ccccc4)cc3)nc(-c3cccc4c3oc3ccccc34)c21. The smallest absolute Gasteiger partial charge is 0.160 e. The minimum absolute atomic E-state index is 0.297. The molecule has 3 aromatic heterocycles. The first-order valence-electron chi connectivity index (χ1n) is 16.6. The van der Waals surface area contributed by atoms with Gasteiger partial charge in [-0.2, -0.15) is 0 Å². The van der Waals surface area contributed by atoms with E-state index in [-0.39, 0.29) is 5.41 Å². The lowest BCUT2D eigenvalue weighted by Crippen LogP contribution is -2.17. The molecule has 6 aromatic carbocycles. The highest BCUT2D eigenvalue weighted by molar-refractivity contribution is 6.10. The van der Waals surface area contributed by atoms with E-state index in [9.17, 15) is 0 Å². The van der Waals surface area contributed by atoms with Gasteiger partial charge in [0.1, 0.15) is 17.0 Å². The third-order valence-corrected chi connectivity index (χ3v) is 10.0. The summed E-state index contributed by atoms with van der Waals surface area (Å²) in [5.41, 5.74) is 12.9. The van der Waals surface area contributed by atoms with Crippen LogP contribution in [-0.4, -0.2) is 19.5 Å². The fraction of sp³-hybridized carbons (Fsp3) is 0.0682. The fourth-order valence-corrected chi connectivity index (χ4v) is 7.70. The Morgan fingerprint density at radius 2 is 1.20 bits per heavy atom. The average Bonchev–Trinajstić information content (AvgIpc) is 3.80. The van der Waals surface area contributed by atoms with Crippen LogP contribution < -0.4 is 0 Å². The van der Waals surface area contributed by atoms with E-state index in [4.69, 9.17) is 19.4 Å². The number of rotatable bonds is 4. The molecule has 0 unspecified atom stereocenters. The maximum absolute atomic E-state index is 6.56. The highest BCUT2D eigenvalue weighted by Crippen LogP contribution is 2.52. The molecule has 232 valence electrons. The van der Waals surface area contributed by atoms with Crippen LogP contribution in [0.5, 0.6) is 0 Å². The number of fused-ring (bicyclic) bond motifs is 7. The Hall–Kier alpha value is -6.33. The van der Waals surface area contributed by atoms with Crippen LogP contribution in [0.15, 0.2) is 150 Å². The quantitative estimate of drug-likeness (QED) is 0.194. The van der Waals surface area contributed by atoms with Crippen LogP contribution in [0.4, 0.5) is 0 Å². The highest BCUT2D eigenvalue weighted by Gasteiger charge is 2.40. The van der Waals surface area contributed by atoms with Gasteiger partial charge in [-0.1, -0.05) is 123 Å². The number of benzene rings is 6. The third-order valence-electron chi connectivity index (χ3n) is 10.0. The van der Waals surface area contributed by atoms with Gasteiger partial charge >= 0.3 is 0 Å². The van der Waals surface area contributed by atoms with Gasteiger partial charge in [-0.15, -0.1) is 0 Å². The molecule has 5 heteroatoms. The number of hydrogen-bond acceptors (Lipinski definition) is 4. The van der Waals surface area contributed by atoms with Gasteiger partial charge in [-0.25, -0.2) is 15.0 Å². The molecule has 0 fully saturated rings. The Labute approximate surface area is 283 Å². The fourth-order valence-electron chi connectivity index (χ4n) is 7.70. The molecule has 0 spiro atoms. The molecule has 0 bridgehead atoms. The molecule has 0 amide bonds. The molecule has 0 aliphatic heterocycles. The van der Waals surface area contributed by atoms with E-state index < -0.39 is 0 Å².